The Balaban J connectivity index is 1.34. The van der Waals surface area contributed by atoms with E-state index < -0.39 is 17.8 Å². The normalized spacial score (nSPS) is 13.9. The second kappa shape index (κ2) is 22.1. The van der Waals surface area contributed by atoms with E-state index in [-0.39, 0.29) is 6.61 Å². The Bertz CT molecular complexity index is 1000. The van der Waals surface area contributed by atoms with Gasteiger partial charge < -0.3 is 14.9 Å². The summed E-state index contributed by atoms with van der Waals surface area (Å²) in [5.74, 6) is 0.903. The average Bonchev–Trinajstić information content (AvgIpc) is 3.08. The molecule has 45 heavy (non-hydrogen) atoms. The summed E-state index contributed by atoms with van der Waals surface area (Å²) < 4.78 is 6.70. The molecule has 0 aliphatic heterocycles. The van der Waals surface area contributed by atoms with Gasteiger partial charge >= 0.3 is 0 Å². The van der Waals surface area contributed by atoms with Crippen molar-refractivity contribution < 1.29 is 14.9 Å². The van der Waals surface area contributed by atoms with E-state index >= 15 is 0 Å². The maximum Gasteiger partial charge on any atom is 0.143 e. The molecule has 0 saturated heterocycles. The lowest BCUT2D eigenvalue weighted by Crippen LogP contribution is -2.39. The molecule has 0 radical (unpaired) electrons. The highest BCUT2D eigenvalue weighted by molar-refractivity contribution is 5.47. The van der Waals surface area contributed by atoms with Crippen LogP contribution in [0.3, 0.4) is 0 Å². The number of hydrogen-bond donors (Lipinski definition) is 2. The maximum absolute atomic E-state index is 11.0. The van der Waals surface area contributed by atoms with Crippen molar-refractivity contribution in [2.45, 2.75) is 141 Å². The fourth-order valence-corrected chi connectivity index (χ4v) is 6.61. The van der Waals surface area contributed by atoms with Crippen LogP contribution in [0.2, 0.25) is 0 Å². The first-order valence-corrected chi connectivity index (χ1v) is 18.2. The van der Waals surface area contributed by atoms with Crippen LogP contribution < -0.4 is 0 Å². The number of aliphatic hydroxyl groups is 2. The number of unbranched alkanes of at least 4 members (excludes halogenated alkanes) is 12. The van der Waals surface area contributed by atoms with E-state index in [0.29, 0.717) is 6.42 Å². The Morgan fingerprint density at radius 2 is 0.844 bits per heavy atom. The van der Waals surface area contributed by atoms with E-state index in [1.165, 1.54) is 89.9 Å². The first-order chi connectivity index (χ1) is 22.1. The Morgan fingerprint density at radius 1 is 0.489 bits per heavy atom. The topological polar surface area (TPSA) is 49.7 Å². The molecule has 3 aromatic rings. The molecule has 2 unspecified atom stereocenters. The van der Waals surface area contributed by atoms with Crippen molar-refractivity contribution in [3.63, 3.8) is 0 Å². The molecule has 3 rings (SSSR count). The standard InChI is InChI=1S/C42H62O3/c1-3-4-5-17-26-36(2)27-18-12-10-8-6-7-9-11-13-25-34-40(43)41(44)35-45-42(37-28-19-14-20-29-37,38-30-21-15-22-31-38)39-32-23-16-24-33-39/h14-16,19-24,28-33,36,40-41,43-44H,3-13,17-18,25-27,34-35H2,1-2H3/t36?,40?,41-/m0/s1. The van der Waals surface area contributed by atoms with Crippen LogP contribution in [0.25, 0.3) is 0 Å². The summed E-state index contributed by atoms with van der Waals surface area (Å²) in [6, 6.07) is 30.5. The van der Waals surface area contributed by atoms with Gasteiger partial charge in [0.1, 0.15) is 11.7 Å². The van der Waals surface area contributed by atoms with Gasteiger partial charge in [0.05, 0.1) is 12.7 Å². The summed E-state index contributed by atoms with van der Waals surface area (Å²) in [5.41, 5.74) is 2.09. The minimum Gasteiger partial charge on any atom is -0.390 e. The molecule has 3 atom stereocenters. The molecule has 0 bridgehead atoms. The number of benzene rings is 3. The maximum atomic E-state index is 11.0. The highest BCUT2D eigenvalue weighted by Gasteiger charge is 2.38. The van der Waals surface area contributed by atoms with Gasteiger partial charge in [-0.2, -0.15) is 0 Å². The monoisotopic (exact) mass is 614 g/mol. The lowest BCUT2D eigenvalue weighted by molar-refractivity contribution is -0.0802. The van der Waals surface area contributed by atoms with Crippen LogP contribution in [0.4, 0.5) is 0 Å². The van der Waals surface area contributed by atoms with Gasteiger partial charge in [0.25, 0.3) is 0 Å². The van der Waals surface area contributed by atoms with Crippen molar-refractivity contribution >= 4 is 0 Å². The van der Waals surface area contributed by atoms with Crippen molar-refractivity contribution in [1.82, 2.24) is 0 Å². The third kappa shape index (κ3) is 13.1. The number of hydrogen-bond acceptors (Lipinski definition) is 3. The van der Waals surface area contributed by atoms with E-state index in [0.717, 1.165) is 35.4 Å². The van der Waals surface area contributed by atoms with Gasteiger partial charge in [0, 0.05) is 0 Å². The SMILES string of the molecule is CCCCCCC(C)CCCCCCCCCCCCC(O)[C@@H](O)COC(c1ccccc1)(c1ccccc1)c1ccccc1. The zero-order chi connectivity index (χ0) is 32.0. The molecule has 2 N–H and O–H groups in total. The van der Waals surface area contributed by atoms with Crippen molar-refractivity contribution in [2.24, 2.45) is 5.92 Å². The molecule has 0 spiro atoms. The molecular formula is C42H62O3. The molecule has 0 fully saturated rings. The second-order valence-electron chi connectivity index (χ2n) is 13.3. The molecule has 0 aliphatic carbocycles. The number of ether oxygens (including phenoxy) is 1. The van der Waals surface area contributed by atoms with Crippen LogP contribution in [0.5, 0.6) is 0 Å². The molecule has 0 amide bonds. The van der Waals surface area contributed by atoms with Crippen LogP contribution in [0.15, 0.2) is 91.0 Å². The average molecular weight is 615 g/mol. The van der Waals surface area contributed by atoms with Crippen LogP contribution in [0, 0.1) is 5.92 Å². The van der Waals surface area contributed by atoms with Gasteiger partial charge in [-0.25, -0.2) is 0 Å². The van der Waals surface area contributed by atoms with Gasteiger partial charge in [-0.15, -0.1) is 0 Å². The predicted octanol–water partition coefficient (Wildman–Crippen LogP) is 11.0. The van der Waals surface area contributed by atoms with Crippen LogP contribution in [-0.2, 0) is 10.3 Å². The van der Waals surface area contributed by atoms with Gasteiger partial charge in [0.2, 0.25) is 0 Å². The molecular weight excluding hydrogens is 552 g/mol. The van der Waals surface area contributed by atoms with Crippen molar-refractivity contribution in [2.75, 3.05) is 6.61 Å². The van der Waals surface area contributed by atoms with Crippen LogP contribution in [0.1, 0.15) is 140 Å². The van der Waals surface area contributed by atoms with Crippen LogP contribution >= 0.6 is 0 Å². The summed E-state index contributed by atoms with van der Waals surface area (Å²) in [5, 5.41) is 21.8. The van der Waals surface area contributed by atoms with E-state index in [1.807, 2.05) is 54.6 Å². The summed E-state index contributed by atoms with van der Waals surface area (Å²) in [7, 11) is 0. The highest BCUT2D eigenvalue weighted by Crippen LogP contribution is 2.40. The van der Waals surface area contributed by atoms with Crippen LogP contribution in [-0.4, -0.2) is 29.0 Å². The summed E-state index contributed by atoms with van der Waals surface area (Å²) in [6.07, 6.45) is 19.9. The van der Waals surface area contributed by atoms with Crippen molar-refractivity contribution in [1.29, 1.82) is 0 Å². The fourth-order valence-electron chi connectivity index (χ4n) is 6.61. The highest BCUT2D eigenvalue weighted by atomic mass is 16.5. The van der Waals surface area contributed by atoms with Crippen molar-refractivity contribution in [3.8, 4) is 0 Å². The molecule has 0 saturated carbocycles. The Labute approximate surface area is 275 Å². The Morgan fingerprint density at radius 3 is 1.24 bits per heavy atom. The van der Waals surface area contributed by atoms with E-state index in [9.17, 15) is 10.2 Å². The molecule has 0 heterocycles. The number of aliphatic hydroxyl groups excluding tert-OH is 2. The lowest BCUT2D eigenvalue weighted by atomic mass is 9.80. The van der Waals surface area contributed by atoms with E-state index in [1.54, 1.807) is 0 Å². The van der Waals surface area contributed by atoms with Gasteiger partial charge in [-0.3, -0.25) is 0 Å². The van der Waals surface area contributed by atoms with E-state index in [4.69, 9.17) is 4.74 Å². The quantitative estimate of drug-likeness (QED) is 0.0737. The summed E-state index contributed by atoms with van der Waals surface area (Å²) in [6.45, 7) is 4.76. The predicted molar refractivity (Wildman–Crippen MR) is 191 cm³/mol. The summed E-state index contributed by atoms with van der Waals surface area (Å²) >= 11 is 0. The third-order valence-electron chi connectivity index (χ3n) is 9.45. The Kier molecular flexibility index (Phi) is 18.2. The molecule has 3 heteroatoms. The van der Waals surface area contributed by atoms with Crippen molar-refractivity contribution in [3.05, 3.63) is 108 Å². The third-order valence-corrected chi connectivity index (χ3v) is 9.45. The molecule has 248 valence electrons. The molecule has 0 aliphatic rings. The lowest BCUT2D eigenvalue weighted by Gasteiger charge is -2.37. The second-order valence-corrected chi connectivity index (χ2v) is 13.3. The zero-order valence-electron chi connectivity index (χ0n) is 28.4. The smallest absolute Gasteiger partial charge is 0.143 e. The zero-order valence-corrected chi connectivity index (χ0v) is 28.4. The number of rotatable bonds is 25. The first kappa shape index (κ1) is 37.0. The van der Waals surface area contributed by atoms with Gasteiger partial charge in [-0.05, 0) is 29.0 Å². The molecule has 3 nitrogen and oxygen atoms in total. The minimum atomic E-state index is -0.954. The largest absolute Gasteiger partial charge is 0.390 e. The first-order valence-electron chi connectivity index (χ1n) is 18.2. The molecule has 0 aromatic heterocycles. The van der Waals surface area contributed by atoms with Gasteiger partial charge in [0.15, 0.2) is 0 Å². The minimum absolute atomic E-state index is 0.0394. The molecule has 3 aromatic carbocycles. The van der Waals surface area contributed by atoms with Gasteiger partial charge in [-0.1, -0.05) is 208 Å². The fraction of sp³-hybridized carbons (Fsp3) is 0.571. The van der Waals surface area contributed by atoms with E-state index in [2.05, 4.69) is 50.2 Å². The Hall–Kier alpha value is -2.46. The summed E-state index contributed by atoms with van der Waals surface area (Å²) in [4.78, 5) is 0.